The highest BCUT2D eigenvalue weighted by molar-refractivity contribution is 7.15. The van der Waals surface area contributed by atoms with E-state index in [0.29, 0.717) is 16.9 Å². The molecule has 6 rings (SSSR count). The average molecular weight is 388 g/mol. The number of hydrogen-bond acceptors (Lipinski definition) is 6. The van der Waals surface area contributed by atoms with Crippen LogP contribution in [0.1, 0.15) is 36.0 Å². The Morgan fingerprint density at radius 1 is 1.11 bits per heavy atom. The third kappa shape index (κ3) is 3.09. The summed E-state index contributed by atoms with van der Waals surface area (Å²) in [7, 11) is 0. The van der Waals surface area contributed by atoms with Gasteiger partial charge in [0.2, 0.25) is 0 Å². The number of hydrogen-bond donors (Lipinski definition) is 0. The van der Waals surface area contributed by atoms with Crippen molar-refractivity contribution in [3.8, 4) is 0 Å². The summed E-state index contributed by atoms with van der Waals surface area (Å²) in [5.74, 6) is 0.327. The molecule has 6 heterocycles. The van der Waals surface area contributed by atoms with E-state index in [1.807, 2.05) is 10.3 Å². The lowest BCUT2D eigenvalue weighted by Crippen LogP contribution is -2.49. The first kappa shape index (κ1) is 17.3. The molecule has 2 aromatic rings. The van der Waals surface area contributed by atoms with Crippen LogP contribution in [0.25, 0.3) is 4.96 Å². The fraction of sp³-hybridized carbons (Fsp3) is 0.632. The molecule has 144 valence electrons. The summed E-state index contributed by atoms with van der Waals surface area (Å²) in [6.07, 6.45) is 7.49. The maximum Gasteiger partial charge on any atom is 0.271 e. The smallest absolute Gasteiger partial charge is 0.271 e. The van der Waals surface area contributed by atoms with E-state index in [1.54, 1.807) is 6.20 Å². The predicted octanol–water partition coefficient (Wildman–Crippen LogP) is 1.47. The number of ether oxygens (including phenoxy) is 1. The van der Waals surface area contributed by atoms with Gasteiger partial charge in [-0.25, -0.2) is 4.98 Å². The molecule has 2 bridgehead atoms. The molecular weight excluding hydrogens is 364 g/mol. The van der Waals surface area contributed by atoms with Crippen molar-refractivity contribution in [1.82, 2.24) is 19.2 Å². The van der Waals surface area contributed by atoms with Crippen LogP contribution < -0.4 is 5.56 Å². The summed E-state index contributed by atoms with van der Waals surface area (Å²) in [6, 6.07) is 0.744. The number of carbonyl (C=O) groups is 1. The van der Waals surface area contributed by atoms with Crippen molar-refractivity contribution in [1.29, 1.82) is 0 Å². The van der Waals surface area contributed by atoms with Crippen LogP contribution >= 0.6 is 11.3 Å². The van der Waals surface area contributed by atoms with Crippen LogP contribution in [-0.4, -0.2) is 70.0 Å². The molecule has 0 radical (unpaired) electrons. The van der Waals surface area contributed by atoms with Crippen molar-refractivity contribution in [3.63, 3.8) is 0 Å². The van der Waals surface area contributed by atoms with Crippen LogP contribution in [0.5, 0.6) is 0 Å². The molecule has 0 aliphatic carbocycles. The molecule has 1 amide bonds. The quantitative estimate of drug-likeness (QED) is 0.779. The van der Waals surface area contributed by atoms with Gasteiger partial charge >= 0.3 is 0 Å². The maximum atomic E-state index is 13.2. The molecule has 4 aliphatic rings. The highest BCUT2D eigenvalue weighted by Gasteiger charge is 2.40. The largest absolute Gasteiger partial charge is 0.381 e. The minimum absolute atomic E-state index is 0.156. The van der Waals surface area contributed by atoms with Crippen molar-refractivity contribution >= 4 is 22.2 Å². The Kier molecular flexibility index (Phi) is 4.49. The van der Waals surface area contributed by atoms with Crippen molar-refractivity contribution in [2.75, 3.05) is 32.8 Å². The first-order valence-corrected chi connectivity index (χ1v) is 10.7. The zero-order valence-electron chi connectivity index (χ0n) is 15.2. The summed E-state index contributed by atoms with van der Waals surface area (Å²) in [5.41, 5.74) is -0.0660. The molecule has 0 saturated carbocycles. The first-order chi connectivity index (χ1) is 13.2. The van der Waals surface area contributed by atoms with Crippen LogP contribution in [0.4, 0.5) is 0 Å². The Bertz CT molecular complexity index is 904. The number of carbonyl (C=O) groups excluding carboxylic acids is 1. The van der Waals surface area contributed by atoms with Gasteiger partial charge in [-0.2, -0.15) is 0 Å². The molecule has 2 atom stereocenters. The van der Waals surface area contributed by atoms with Gasteiger partial charge in [-0.1, -0.05) is 0 Å². The minimum atomic E-state index is -0.257. The Hall–Kier alpha value is -1.77. The highest BCUT2D eigenvalue weighted by atomic mass is 32.1. The topological polar surface area (TPSA) is 67.2 Å². The summed E-state index contributed by atoms with van der Waals surface area (Å²) >= 11 is 1.40. The minimum Gasteiger partial charge on any atom is -0.381 e. The number of nitrogens with zero attached hydrogens (tertiary/aromatic N) is 4. The van der Waals surface area contributed by atoms with Crippen molar-refractivity contribution < 1.29 is 9.53 Å². The third-order valence-corrected chi connectivity index (χ3v) is 7.05. The van der Waals surface area contributed by atoms with Gasteiger partial charge < -0.3 is 9.64 Å². The second kappa shape index (κ2) is 7.00. The third-order valence-electron chi connectivity index (χ3n) is 6.28. The van der Waals surface area contributed by atoms with Gasteiger partial charge in [-0.3, -0.25) is 18.9 Å². The molecule has 7 nitrogen and oxygen atoms in total. The highest BCUT2D eigenvalue weighted by Crippen LogP contribution is 2.31. The van der Waals surface area contributed by atoms with Crippen LogP contribution in [0.15, 0.2) is 22.6 Å². The SMILES string of the molecule is O=C(c1cnc2sccn2c1=O)N1C[C@H]2CC[C@@H]1CN(C1CCOCC1)C2. The Labute approximate surface area is 161 Å². The molecule has 4 saturated heterocycles. The lowest BCUT2D eigenvalue weighted by Gasteiger charge is -2.37. The summed E-state index contributed by atoms with van der Waals surface area (Å²) in [6.45, 7) is 4.37. The average Bonchev–Trinajstić information content (AvgIpc) is 3.00. The Morgan fingerprint density at radius 2 is 1.96 bits per heavy atom. The molecule has 0 unspecified atom stereocenters. The van der Waals surface area contributed by atoms with E-state index in [2.05, 4.69) is 9.88 Å². The predicted molar refractivity (Wildman–Crippen MR) is 102 cm³/mol. The number of aromatic nitrogens is 2. The van der Waals surface area contributed by atoms with Crippen LogP contribution in [0.2, 0.25) is 0 Å². The maximum absolute atomic E-state index is 13.2. The van der Waals surface area contributed by atoms with Gasteiger partial charge in [0.15, 0.2) is 4.96 Å². The lowest BCUT2D eigenvalue weighted by atomic mass is 9.94. The molecule has 8 heteroatoms. The van der Waals surface area contributed by atoms with Crippen molar-refractivity contribution in [3.05, 3.63) is 33.7 Å². The van der Waals surface area contributed by atoms with E-state index in [-0.39, 0.29) is 23.1 Å². The number of piperidine rings is 1. The summed E-state index contributed by atoms with van der Waals surface area (Å²) in [5, 5.41) is 1.82. The number of amides is 1. The number of thiazole rings is 1. The zero-order valence-corrected chi connectivity index (χ0v) is 16.1. The lowest BCUT2D eigenvalue weighted by molar-refractivity contribution is 0.0304. The van der Waals surface area contributed by atoms with E-state index < -0.39 is 0 Å². The monoisotopic (exact) mass is 388 g/mol. The first-order valence-electron chi connectivity index (χ1n) is 9.78. The standard InChI is InChI=1S/C19H24N4O3S/c24-17-16(9-20-19-22(17)5-8-27-19)18(25)23-11-13-1-2-15(23)12-21(10-13)14-3-6-26-7-4-14/h5,8-9,13-15H,1-4,6-7,10-12H2/t13-,15+/m0/s1. The molecule has 0 N–H and O–H groups in total. The zero-order chi connectivity index (χ0) is 18.4. The van der Waals surface area contributed by atoms with Gasteiger partial charge in [0.1, 0.15) is 5.56 Å². The van der Waals surface area contributed by atoms with E-state index in [0.717, 1.165) is 58.5 Å². The van der Waals surface area contributed by atoms with Gasteiger partial charge in [0, 0.05) is 62.7 Å². The Morgan fingerprint density at radius 3 is 2.81 bits per heavy atom. The van der Waals surface area contributed by atoms with Crippen molar-refractivity contribution in [2.45, 2.75) is 37.8 Å². The number of rotatable bonds is 2. The Balaban J connectivity index is 1.41. The molecule has 0 spiro atoms. The second-order valence-electron chi connectivity index (χ2n) is 7.88. The second-order valence-corrected chi connectivity index (χ2v) is 8.76. The van der Waals surface area contributed by atoms with E-state index in [4.69, 9.17) is 4.74 Å². The van der Waals surface area contributed by atoms with Gasteiger partial charge in [0.05, 0.1) is 0 Å². The van der Waals surface area contributed by atoms with Gasteiger partial charge in [-0.15, -0.1) is 11.3 Å². The van der Waals surface area contributed by atoms with E-state index in [1.165, 1.54) is 21.9 Å². The van der Waals surface area contributed by atoms with Crippen LogP contribution in [-0.2, 0) is 4.74 Å². The molecule has 0 aromatic carbocycles. The van der Waals surface area contributed by atoms with Crippen LogP contribution in [0.3, 0.4) is 0 Å². The van der Waals surface area contributed by atoms with Gasteiger partial charge in [0.25, 0.3) is 11.5 Å². The van der Waals surface area contributed by atoms with E-state index >= 15 is 0 Å². The molecule has 4 aliphatic heterocycles. The molecule has 27 heavy (non-hydrogen) atoms. The molecule has 2 aromatic heterocycles. The fourth-order valence-corrected chi connectivity index (χ4v) is 5.52. The normalized spacial score (nSPS) is 27.2. The summed E-state index contributed by atoms with van der Waals surface area (Å²) < 4.78 is 6.99. The summed E-state index contributed by atoms with van der Waals surface area (Å²) in [4.78, 5) is 35.4. The molecule has 4 fully saturated rings. The fourth-order valence-electron chi connectivity index (χ4n) is 4.84. The molecular formula is C19H24N4O3S. The van der Waals surface area contributed by atoms with Gasteiger partial charge in [-0.05, 0) is 31.6 Å². The van der Waals surface area contributed by atoms with E-state index in [9.17, 15) is 9.59 Å². The number of fused-ring (bicyclic) bond motifs is 5. The van der Waals surface area contributed by atoms with Crippen molar-refractivity contribution in [2.24, 2.45) is 5.92 Å². The van der Waals surface area contributed by atoms with Crippen LogP contribution in [0, 0.1) is 5.92 Å².